The van der Waals surface area contributed by atoms with Gasteiger partial charge < -0.3 is 9.80 Å². The maximum absolute atomic E-state index is 2.49. The van der Waals surface area contributed by atoms with Crippen LogP contribution in [0.15, 0.2) is 291 Å². The van der Waals surface area contributed by atoms with E-state index < -0.39 is 5.41 Å². The van der Waals surface area contributed by atoms with E-state index in [2.05, 4.69) is 315 Å². The second kappa shape index (κ2) is 18.7. The minimum Gasteiger partial charge on any atom is -0.310 e. The van der Waals surface area contributed by atoms with Gasteiger partial charge in [0.1, 0.15) is 0 Å². The lowest BCUT2D eigenvalue weighted by atomic mass is 9.70. The Morgan fingerprint density at radius 1 is 0.256 bits per heavy atom. The Balaban J connectivity index is 0.816. The number of anilines is 6. The third-order valence-corrected chi connectivity index (χ3v) is 21.4. The van der Waals surface area contributed by atoms with Crippen LogP contribution in [0.1, 0.15) is 47.2 Å². The third kappa shape index (κ3) is 7.06. The molecule has 0 bridgehead atoms. The molecule has 0 amide bonds. The Morgan fingerprint density at radius 2 is 0.686 bits per heavy atom. The zero-order valence-electron chi connectivity index (χ0n) is 47.4. The number of para-hydroxylation sites is 2. The number of hydrogen-bond donors (Lipinski definition) is 0. The number of hydrogen-bond acceptors (Lipinski definition) is 4. The number of nitrogens with zero attached hydrogens (tertiary/aromatic N) is 2. The minimum absolute atomic E-state index is 0.0978. The fourth-order valence-electron chi connectivity index (χ4n) is 15.3. The molecular weight excluding hydrogens is 1080 g/mol. The largest absolute Gasteiger partial charge is 0.310 e. The minimum atomic E-state index is -0.417. The van der Waals surface area contributed by atoms with E-state index in [1.165, 1.54) is 124 Å². The molecule has 2 nitrogen and oxygen atoms in total. The van der Waals surface area contributed by atoms with Gasteiger partial charge in [0.25, 0.3) is 0 Å². The molecule has 4 heteroatoms. The summed E-state index contributed by atoms with van der Waals surface area (Å²) in [6.45, 7) is 4.72. The molecule has 3 aliphatic rings. The highest BCUT2D eigenvalue weighted by Gasteiger charge is 2.51. The van der Waals surface area contributed by atoms with Crippen molar-refractivity contribution < 1.29 is 0 Å². The van der Waals surface area contributed by atoms with Gasteiger partial charge in [-0.05, 0) is 163 Å². The summed E-state index contributed by atoms with van der Waals surface area (Å²) in [5.41, 5.74) is 26.9. The zero-order valence-corrected chi connectivity index (χ0v) is 49.1. The summed E-state index contributed by atoms with van der Waals surface area (Å²) in [6.07, 6.45) is 0. The maximum atomic E-state index is 2.49. The van der Waals surface area contributed by atoms with Crippen molar-refractivity contribution in [2.45, 2.75) is 24.7 Å². The molecule has 0 fully saturated rings. The van der Waals surface area contributed by atoms with Crippen molar-refractivity contribution in [2.75, 3.05) is 9.80 Å². The lowest BCUT2D eigenvalue weighted by Crippen LogP contribution is -2.25. The molecule has 0 radical (unpaired) electrons. The van der Waals surface area contributed by atoms with Gasteiger partial charge in [0.05, 0.1) is 11.1 Å². The first-order valence-electron chi connectivity index (χ1n) is 29.8. The third-order valence-electron chi connectivity index (χ3n) is 19.1. The molecule has 13 aromatic carbocycles. The lowest BCUT2D eigenvalue weighted by Gasteiger charge is -2.31. The summed E-state index contributed by atoms with van der Waals surface area (Å²) < 4.78 is 5.12. The highest BCUT2D eigenvalue weighted by Crippen LogP contribution is 2.64. The van der Waals surface area contributed by atoms with Gasteiger partial charge in [0.15, 0.2) is 0 Å². The standard InChI is InChI=1S/C82H54N2S2/c1-81(2)70-31-15-9-27-60(70)66-46-56(41-43-71(66)81)84(54-23-7-4-8-24-54)76-49-68-62-29-13-19-35-77(62)85-79(68)50-64(76)51-37-39-52(40-38-51)65-47-57(48-69-63-30-14-20-36-78(63)86-80(65)69)83(53-21-5-3-6-22-53)55-42-44-75-67(45-55)61-28-12-18-34-74(61)82(75)72-32-16-10-25-58(72)59-26-11-17-33-73(59)82/h3-50H,1-2H3. The van der Waals surface area contributed by atoms with Gasteiger partial charge in [-0.15, -0.1) is 22.7 Å². The molecule has 2 heterocycles. The molecule has 0 unspecified atom stereocenters. The summed E-state index contributed by atoms with van der Waals surface area (Å²) in [4.78, 5) is 4.98. The molecule has 0 saturated carbocycles. The van der Waals surface area contributed by atoms with Gasteiger partial charge in [0.2, 0.25) is 0 Å². The normalized spacial score (nSPS) is 13.7. The Labute approximate surface area is 508 Å². The van der Waals surface area contributed by atoms with Gasteiger partial charge in [-0.1, -0.05) is 220 Å². The molecule has 0 N–H and O–H groups in total. The van der Waals surface area contributed by atoms with Gasteiger partial charge >= 0.3 is 0 Å². The van der Waals surface area contributed by atoms with Crippen LogP contribution in [0, 0.1) is 0 Å². The summed E-state index contributed by atoms with van der Waals surface area (Å²) in [7, 11) is 0. The van der Waals surface area contributed by atoms with Gasteiger partial charge in [0, 0.05) is 85.3 Å². The Morgan fingerprint density at radius 3 is 1.31 bits per heavy atom. The van der Waals surface area contributed by atoms with E-state index in [0.717, 1.165) is 39.7 Å². The van der Waals surface area contributed by atoms with Gasteiger partial charge in [-0.3, -0.25) is 0 Å². The second-order valence-electron chi connectivity index (χ2n) is 23.9. The monoisotopic (exact) mass is 1130 g/mol. The number of benzene rings is 13. The van der Waals surface area contributed by atoms with Crippen LogP contribution in [0.4, 0.5) is 34.1 Å². The van der Waals surface area contributed by atoms with Crippen LogP contribution in [0.3, 0.4) is 0 Å². The van der Waals surface area contributed by atoms with Crippen molar-refractivity contribution >= 4 is 97.1 Å². The van der Waals surface area contributed by atoms with Crippen LogP contribution in [0.5, 0.6) is 0 Å². The molecule has 15 aromatic rings. The molecule has 0 atom stereocenters. The molecule has 86 heavy (non-hydrogen) atoms. The Kier molecular flexibility index (Phi) is 10.7. The first kappa shape index (κ1) is 49.3. The van der Waals surface area contributed by atoms with Crippen molar-refractivity contribution in [3.05, 3.63) is 325 Å². The average molecular weight is 1130 g/mol. The predicted octanol–water partition coefficient (Wildman–Crippen LogP) is 23.3. The van der Waals surface area contributed by atoms with Crippen LogP contribution in [-0.2, 0) is 10.8 Å². The van der Waals surface area contributed by atoms with E-state index in [1.807, 2.05) is 22.7 Å². The predicted molar refractivity (Wildman–Crippen MR) is 366 cm³/mol. The van der Waals surface area contributed by atoms with Crippen molar-refractivity contribution in [2.24, 2.45) is 0 Å². The van der Waals surface area contributed by atoms with Crippen LogP contribution >= 0.6 is 22.7 Å². The summed E-state index contributed by atoms with van der Waals surface area (Å²) in [5, 5.41) is 5.07. The lowest BCUT2D eigenvalue weighted by molar-refractivity contribution is 0.660. The van der Waals surface area contributed by atoms with E-state index >= 15 is 0 Å². The van der Waals surface area contributed by atoms with Crippen LogP contribution < -0.4 is 9.80 Å². The van der Waals surface area contributed by atoms with Crippen LogP contribution in [-0.4, -0.2) is 0 Å². The van der Waals surface area contributed by atoms with E-state index in [-0.39, 0.29) is 5.41 Å². The first-order chi connectivity index (χ1) is 42.4. The quantitative estimate of drug-likeness (QED) is 0.150. The second-order valence-corrected chi connectivity index (χ2v) is 26.0. The van der Waals surface area contributed by atoms with Crippen molar-refractivity contribution in [3.8, 4) is 55.6 Å². The topological polar surface area (TPSA) is 6.48 Å². The van der Waals surface area contributed by atoms with Gasteiger partial charge in [-0.2, -0.15) is 0 Å². The fourth-order valence-corrected chi connectivity index (χ4v) is 17.6. The summed E-state index contributed by atoms with van der Waals surface area (Å²) in [5.74, 6) is 0. The van der Waals surface area contributed by atoms with Crippen LogP contribution in [0.2, 0.25) is 0 Å². The fraction of sp³-hybridized carbons (Fsp3) is 0.0488. The number of rotatable bonds is 8. The molecule has 1 spiro atoms. The molecule has 404 valence electrons. The summed E-state index contributed by atoms with van der Waals surface area (Å²) in [6, 6.07) is 110. The zero-order chi connectivity index (χ0) is 56.8. The molecular formula is C82H54N2S2. The number of fused-ring (bicyclic) bond motifs is 19. The molecule has 3 aliphatic carbocycles. The molecule has 18 rings (SSSR count). The van der Waals surface area contributed by atoms with Gasteiger partial charge in [-0.25, -0.2) is 0 Å². The summed E-state index contributed by atoms with van der Waals surface area (Å²) >= 11 is 3.76. The SMILES string of the molecule is CC1(C)c2ccccc2-c2cc(N(c3ccccc3)c3cc4c(cc3-c3ccc(-c5cc(N(c6ccccc6)c6ccc7c(c6)-c6ccccc6C76c7ccccc7-c7ccccc76)cc6c5sc5ccccc56)cc3)sc3ccccc34)ccc21. The number of thiophene rings is 2. The highest BCUT2D eigenvalue weighted by molar-refractivity contribution is 7.26. The Bertz CT molecular complexity index is 5230. The smallest absolute Gasteiger partial charge is 0.0725 e. The van der Waals surface area contributed by atoms with E-state index in [9.17, 15) is 0 Å². The molecule has 0 saturated heterocycles. The highest BCUT2D eigenvalue weighted by atomic mass is 32.1. The van der Waals surface area contributed by atoms with E-state index in [4.69, 9.17) is 0 Å². The van der Waals surface area contributed by atoms with Crippen molar-refractivity contribution in [1.29, 1.82) is 0 Å². The maximum Gasteiger partial charge on any atom is 0.0725 e. The Hall–Kier alpha value is -10.1. The molecule has 2 aromatic heterocycles. The molecule has 0 aliphatic heterocycles. The van der Waals surface area contributed by atoms with Crippen molar-refractivity contribution in [1.82, 2.24) is 0 Å². The van der Waals surface area contributed by atoms with E-state index in [1.54, 1.807) is 0 Å². The van der Waals surface area contributed by atoms with Crippen LogP contribution in [0.25, 0.3) is 96.0 Å². The van der Waals surface area contributed by atoms with Crippen molar-refractivity contribution in [3.63, 3.8) is 0 Å². The van der Waals surface area contributed by atoms with E-state index in [0.29, 0.717) is 0 Å². The first-order valence-corrected chi connectivity index (χ1v) is 31.4. The average Bonchev–Trinajstić information content (AvgIpc) is 1.91.